The fourth-order valence-corrected chi connectivity index (χ4v) is 1.14. The van der Waals surface area contributed by atoms with E-state index in [9.17, 15) is 13.6 Å². The minimum atomic E-state index is -1.05. The fourth-order valence-electron chi connectivity index (χ4n) is 1.04. The number of rotatable bonds is 4. The van der Waals surface area contributed by atoms with Gasteiger partial charge in [0.25, 0.3) is 5.91 Å². The second kappa shape index (κ2) is 5.50. The number of hydrogen-bond donors (Lipinski definition) is 2. The zero-order valence-electron chi connectivity index (χ0n) is 8.30. The number of carbonyl (C=O) groups excluding carboxylic acids is 1. The van der Waals surface area contributed by atoms with Gasteiger partial charge in [0.15, 0.2) is 11.6 Å². The lowest BCUT2D eigenvalue weighted by molar-refractivity contribution is 0.0954. The molecule has 0 saturated heterocycles. The Kier molecular flexibility index (Phi) is 4.30. The van der Waals surface area contributed by atoms with Crippen molar-refractivity contribution < 1.29 is 13.6 Å². The van der Waals surface area contributed by atoms with Gasteiger partial charge < -0.3 is 11.1 Å². The van der Waals surface area contributed by atoms with E-state index >= 15 is 0 Å². The first-order chi connectivity index (χ1) is 7.50. The summed E-state index contributed by atoms with van der Waals surface area (Å²) in [5.74, 6) is -2.53. The van der Waals surface area contributed by atoms with Crippen LogP contribution in [-0.4, -0.2) is 17.4 Å². The highest BCUT2D eigenvalue weighted by Gasteiger charge is 2.08. The van der Waals surface area contributed by atoms with E-state index in [1.807, 2.05) is 0 Å². The summed E-state index contributed by atoms with van der Waals surface area (Å²) in [5, 5.41) is 2.48. The van der Waals surface area contributed by atoms with Crippen molar-refractivity contribution in [3.63, 3.8) is 0 Å². The number of halogens is 2. The fraction of sp³-hybridized carbons (Fsp3) is 0.200. The summed E-state index contributed by atoms with van der Waals surface area (Å²) in [4.78, 5) is 11.7. The molecule has 0 aliphatic carbocycles. The third-order valence-electron chi connectivity index (χ3n) is 1.84. The third kappa shape index (κ3) is 3.54. The van der Waals surface area contributed by atoms with Crippen molar-refractivity contribution in [2.24, 2.45) is 5.73 Å². The zero-order valence-corrected chi connectivity index (χ0v) is 9.11. The first kappa shape index (κ1) is 12.5. The van der Waals surface area contributed by atoms with Crippen molar-refractivity contribution in [2.45, 2.75) is 6.42 Å². The van der Waals surface area contributed by atoms with Crippen LogP contribution in [-0.2, 0) is 0 Å². The van der Waals surface area contributed by atoms with Crippen molar-refractivity contribution in [2.75, 3.05) is 6.54 Å². The molecule has 0 atom stereocenters. The summed E-state index contributed by atoms with van der Waals surface area (Å²) in [7, 11) is 0. The van der Waals surface area contributed by atoms with Gasteiger partial charge >= 0.3 is 0 Å². The van der Waals surface area contributed by atoms with Gasteiger partial charge in [0.1, 0.15) is 0 Å². The van der Waals surface area contributed by atoms with Gasteiger partial charge in [0.05, 0.1) is 4.99 Å². The van der Waals surface area contributed by atoms with E-state index in [0.29, 0.717) is 6.42 Å². The molecule has 0 aromatic heterocycles. The Morgan fingerprint density at radius 2 is 2.06 bits per heavy atom. The van der Waals surface area contributed by atoms with Crippen LogP contribution in [0.4, 0.5) is 8.78 Å². The van der Waals surface area contributed by atoms with Crippen molar-refractivity contribution in [1.29, 1.82) is 0 Å². The molecule has 0 aliphatic rings. The van der Waals surface area contributed by atoms with Crippen LogP contribution in [0.5, 0.6) is 0 Å². The summed E-state index contributed by atoms with van der Waals surface area (Å²) < 4.78 is 25.4. The molecular weight excluding hydrogens is 234 g/mol. The minimum Gasteiger partial charge on any atom is -0.393 e. The molecule has 3 N–H and O–H groups in total. The van der Waals surface area contributed by atoms with Gasteiger partial charge in [0, 0.05) is 18.5 Å². The molecule has 1 amide bonds. The summed E-state index contributed by atoms with van der Waals surface area (Å²) in [6.45, 7) is 0.271. The van der Waals surface area contributed by atoms with Crippen molar-refractivity contribution in [3.05, 3.63) is 35.4 Å². The van der Waals surface area contributed by atoms with E-state index in [1.54, 1.807) is 0 Å². The molecule has 0 saturated carbocycles. The van der Waals surface area contributed by atoms with Crippen molar-refractivity contribution >= 4 is 23.1 Å². The number of benzene rings is 1. The molecule has 0 spiro atoms. The molecule has 1 rings (SSSR count). The van der Waals surface area contributed by atoms with Crippen LogP contribution in [0.25, 0.3) is 0 Å². The molecule has 6 heteroatoms. The number of thiocarbonyl (C=S) groups is 1. The van der Waals surface area contributed by atoms with Gasteiger partial charge in [-0.15, -0.1) is 0 Å². The Bertz CT molecular complexity index is 423. The molecule has 1 aromatic rings. The van der Waals surface area contributed by atoms with Crippen LogP contribution in [0.1, 0.15) is 16.8 Å². The molecule has 0 unspecified atom stereocenters. The zero-order chi connectivity index (χ0) is 12.1. The maximum absolute atomic E-state index is 12.8. The van der Waals surface area contributed by atoms with E-state index in [1.165, 1.54) is 6.07 Å². The monoisotopic (exact) mass is 244 g/mol. The molecule has 0 bridgehead atoms. The molecule has 16 heavy (non-hydrogen) atoms. The Morgan fingerprint density at radius 3 is 2.62 bits per heavy atom. The van der Waals surface area contributed by atoms with E-state index in [2.05, 4.69) is 17.5 Å². The lowest BCUT2D eigenvalue weighted by atomic mass is 10.2. The van der Waals surface area contributed by atoms with Crippen molar-refractivity contribution in [1.82, 2.24) is 5.32 Å². The highest BCUT2D eigenvalue weighted by atomic mass is 32.1. The lowest BCUT2D eigenvalue weighted by Crippen LogP contribution is -2.27. The molecule has 3 nitrogen and oxygen atoms in total. The molecule has 0 radical (unpaired) electrons. The maximum atomic E-state index is 12.8. The topological polar surface area (TPSA) is 55.1 Å². The largest absolute Gasteiger partial charge is 0.393 e. The number of nitrogens with one attached hydrogen (secondary N) is 1. The highest BCUT2D eigenvalue weighted by Crippen LogP contribution is 2.08. The van der Waals surface area contributed by atoms with Gasteiger partial charge in [-0.25, -0.2) is 8.78 Å². The Balaban J connectivity index is 2.59. The number of hydrogen-bond acceptors (Lipinski definition) is 2. The first-order valence-corrected chi connectivity index (χ1v) is 4.93. The standard InChI is InChI=1S/C10H10F2N2OS/c11-7-2-1-6(5-8(7)12)10(15)14-4-3-9(13)16/h1-2,5H,3-4H2,(H2,13,16)(H,14,15). The summed E-state index contributed by atoms with van der Waals surface area (Å²) >= 11 is 4.62. The first-order valence-electron chi connectivity index (χ1n) is 4.52. The molecule has 0 aliphatic heterocycles. The summed E-state index contributed by atoms with van der Waals surface area (Å²) in [6.07, 6.45) is 0.366. The van der Waals surface area contributed by atoms with Gasteiger partial charge in [0.2, 0.25) is 0 Å². The Hall–Kier alpha value is -1.56. The van der Waals surface area contributed by atoms with Crippen LogP contribution >= 0.6 is 12.2 Å². The van der Waals surface area contributed by atoms with Crippen LogP contribution in [0.3, 0.4) is 0 Å². The van der Waals surface area contributed by atoms with E-state index in [4.69, 9.17) is 5.73 Å². The molecular formula is C10H10F2N2OS. The third-order valence-corrected chi connectivity index (χ3v) is 2.04. The maximum Gasteiger partial charge on any atom is 0.251 e. The van der Waals surface area contributed by atoms with Gasteiger partial charge in [-0.2, -0.15) is 0 Å². The molecule has 86 valence electrons. The Morgan fingerprint density at radius 1 is 1.38 bits per heavy atom. The van der Waals surface area contributed by atoms with E-state index < -0.39 is 17.5 Å². The van der Waals surface area contributed by atoms with Gasteiger partial charge in [-0.1, -0.05) is 12.2 Å². The number of carbonyl (C=O) groups is 1. The molecule has 1 aromatic carbocycles. The van der Waals surface area contributed by atoms with E-state index in [-0.39, 0.29) is 17.1 Å². The average molecular weight is 244 g/mol. The number of amides is 1. The molecule has 0 heterocycles. The average Bonchev–Trinajstić information content (AvgIpc) is 2.21. The summed E-state index contributed by atoms with van der Waals surface area (Å²) in [5.41, 5.74) is 5.29. The lowest BCUT2D eigenvalue weighted by Gasteiger charge is -2.04. The smallest absolute Gasteiger partial charge is 0.251 e. The second-order valence-electron chi connectivity index (χ2n) is 3.10. The van der Waals surface area contributed by atoms with Crippen LogP contribution < -0.4 is 11.1 Å². The van der Waals surface area contributed by atoms with Crippen LogP contribution in [0.15, 0.2) is 18.2 Å². The predicted molar refractivity (Wildman–Crippen MR) is 60.1 cm³/mol. The van der Waals surface area contributed by atoms with E-state index in [0.717, 1.165) is 12.1 Å². The van der Waals surface area contributed by atoms with Crippen LogP contribution in [0.2, 0.25) is 0 Å². The number of nitrogens with two attached hydrogens (primary N) is 1. The normalized spacial score (nSPS) is 9.88. The van der Waals surface area contributed by atoms with Crippen LogP contribution in [0, 0.1) is 11.6 Å². The van der Waals surface area contributed by atoms with Gasteiger partial charge in [-0.3, -0.25) is 4.79 Å². The predicted octanol–water partition coefficient (Wildman–Crippen LogP) is 1.37. The Labute approximate surface area is 96.6 Å². The second-order valence-corrected chi connectivity index (χ2v) is 3.63. The van der Waals surface area contributed by atoms with Gasteiger partial charge in [-0.05, 0) is 18.2 Å². The quantitative estimate of drug-likeness (QED) is 0.786. The SMILES string of the molecule is NC(=S)CCNC(=O)c1ccc(F)c(F)c1. The van der Waals surface area contributed by atoms with Crippen molar-refractivity contribution in [3.8, 4) is 0 Å². The summed E-state index contributed by atoms with van der Waals surface area (Å²) in [6, 6.07) is 2.94. The highest BCUT2D eigenvalue weighted by molar-refractivity contribution is 7.80. The molecule has 0 fully saturated rings. The minimum absolute atomic E-state index is 0.0573.